The Morgan fingerprint density at radius 3 is 2.06 bits per heavy atom. The minimum atomic E-state index is -0.305. The van der Waals surface area contributed by atoms with Gasteiger partial charge in [0.2, 0.25) is 11.7 Å². The molecule has 0 aromatic heterocycles. The van der Waals surface area contributed by atoms with Crippen molar-refractivity contribution in [3.05, 3.63) is 53.6 Å². The second kappa shape index (κ2) is 13.1. The lowest BCUT2D eigenvalue weighted by Gasteiger charge is -2.17. The molecule has 2 N–H and O–H groups in total. The van der Waals surface area contributed by atoms with Crippen LogP contribution in [0.4, 0.5) is 5.69 Å². The van der Waals surface area contributed by atoms with Crippen molar-refractivity contribution in [2.75, 3.05) is 52.8 Å². The van der Waals surface area contributed by atoms with Gasteiger partial charge in [-0.15, -0.1) is 0 Å². The number of methoxy groups -OCH3 is 3. The van der Waals surface area contributed by atoms with E-state index in [4.69, 9.17) is 14.2 Å². The minimum absolute atomic E-state index is 0.137. The van der Waals surface area contributed by atoms with Crippen LogP contribution >= 0.6 is 0 Å². The van der Waals surface area contributed by atoms with Crippen molar-refractivity contribution in [3.63, 3.8) is 0 Å². The van der Waals surface area contributed by atoms with Gasteiger partial charge in [-0.05, 0) is 61.1 Å². The predicted molar refractivity (Wildman–Crippen MR) is 130 cm³/mol. The number of rotatable bonds is 12. The third-order valence-electron chi connectivity index (χ3n) is 5.14. The van der Waals surface area contributed by atoms with Crippen LogP contribution in [0.15, 0.2) is 42.5 Å². The molecule has 0 aliphatic carbocycles. The fourth-order valence-electron chi connectivity index (χ4n) is 3.23. The summed E-state index contributed by atoms with van der Waals surface area (Å²) in [5.74, 6) is 1.05. The van der Waals surface area contributed by atoms with Gasteiger partial charge >= 0.3 is 0 Å². The normalized spacial score (nSPS) is 10.8. The van der Waals surface area contributed by atoms with E-state index in [-0.39, 0.29) is 11.8 Å². The monoisotopic (exact) mass is 455 g/mol. The highest BCUT2D eigenvalue weighted by atomic mass is 16.5. The molecule has 0 bridgehead atoms. The third kappa shape index (κ3) is 7.54. The van der Waals surface area contributed by atoms with Gasteiger partial charge < -0.3 is 29.7 Å². The Bertz CT molecular complexity index is 928. The molecule has 0 unspecified atom stereocenters. The van der Waals surface area contributed by atoms with Gasteiger partial charge in [-0.2, -0.15) is 0 Å². The Balaban J connectivity index is 1.95. The van der Waals surface area contributed by atoms with Crippen LogP contribution in [0.1, 0.15) is 29.8 Å². The van der Waals surface area contributed by atoms with Crippen molar-refractivity contribution in [1.82, 2.24) is 10.2 Å². The zero-order valence-electron chi connectivity index (χ0n) is 19.9. The highest BCUT2D eigenvalue weighted by Crippen LogP contribution is 2.38. The van der Waals surface area contributed by atoms with Crippen molar-refractivity contribution in [2.24, 2.45) is 0 Å². The molecule has 2 aromatic rings. The Kier molecular flexibility index (Phi) is 10.2. The molecule has 2 amide bonds. The van der Waals surface area contributed by atoms with Crippen LogP contribution in [0, 0.1) is 0 Å². The Hall–Kier alpha value is -3.52. The van der Waals surface area contributed by atoms with Crippen LogP contribution in [0.2, 0.25) is 0 Å². The molecule has 0 aliphatic rings. The Morgan fingerprint density at radius 1 is 0.939 bits per heavy atom. The van der Waals surface area contributed by atoms with Gasteiger partial charge in [0, 0.05) is 30.4 Å². The summed E-state index contributed by atoms with van der Waals surface area (Å²) in [6.45, 7) is 7.50. The first kappa shape index (κ1) is 25.7. The number of carbonyl (C=O) groups is 2. The third-order valence-corrected chi connectivity index (χ3v) is 5.14. The summed E-state index contributed by atoms with van der Waals surface area (Å²) < 4.78 is 16.0. The topological polar surface area (TPSA) is 89.1 Å². The molecule has 0 atom stereocenters. The van der Waals surface area contributed by atoms with E-state index >= 15 is 0 Å². The first-order valence-corrected chi connectivity index (χ1v) is 10.8. The molecular weight excluding hydrogens is 422 g/mol. The van der Waals surface area contributed by atoms with Gasteiger partial charge in [-0.3, -0.25) is 9.59 Å². The highest BCUT2D eigenvalue weighted by molar-refractivity contribution is 6.02. The zero-order valence-corrected chi connectivity index (χ0v) is 19.9. The van der Waals surface area contributed by atoms with Crippen LogP contribution in [0.25, 0.3) is 6.08 Å². The van der Waals surface area contributed by atoms with Crippen molar-refractivity contribution in [3.8, 4) is 17.2 Å². The lowest BCUT2D eigenvalue weighted by Crippen LogP contribution is -2.34. The van der Waals surface area contributed by atoms with E-state index in [0.29, 0.717) is 35.0 Å². The second-order valence-corrected chi connectivity index (χ2v) is 7.14. The van der Waals surface area contributed by atoms with Gasteiger partial charge in [0.25, 0.3) is 5.91 Å². The Labute approximate surface area is 195 Å². The van der Waals surface area contributed by atoms with Crippen molar-refractivity contribution >= 4 is 23.6 Å². The van der Waals surface area contributed by atoms with Gasteiger partial charge in [0.05, 0.1) is 21.3 Å². The van der Waals surface area contributed by atoms with E-state index in [9.17, 15) is 9.59 Å². The molecule has 2 aromatic carbocycles. The second-order valence-electron chi connectivity index (χ2n) is 7.14. The number of carbonyl (C=O) groups excluding carboxylic acids is 2. The lowest BCUT2D eigenvalue weighted by atomic mass is 10.1. The molecule has 0 spiro atoms. The summed E-state index contributed by atoms with van der Waals surface area (Å²) in [4.78, 5) is 26.9. The molecule has 8 heteroatoms. The first-order valence-electron chi connectivity index (χ1n) is 10.8. The van der Waals surface area contributed by atoms with Crippen LogP contribution in [-0.2, 0) is 4.79 Å². The summed E-state index contributed by atoms with van der Waals surface area (Å²) in [7, 11) is 4.60. The quantitative estimate of drug-likeness (QED) is 0.477. The smallest absolute Gasteiger partial charge is 0.251 e. The fraction of sp³-hybridized carbons (Fsp3) is 0.360. The molecule has 0 heterocycles. The Morgan fingerprint density at radius 2 is 1.55 bits per heavy atom. The average Bonchev–Trinajstić information content (AvgIpc) is 2.84. The molecule has 0 radical (unpaired) electrons. The van der Waals surface area contributed by atoms with Gasteiger partial charge in [0.1, 0.15) is 0 Å². The number of likely N-dealkylation sites (N-methyl/N-ethyl adjacent to an activating group) is 1. The van der Waals surface area contributed by atoms with E-state index in [1.165, 1.54) is 27.4 Å². The maximum absolute atomic E-state index is 12.3. The summed E-state index contributed by atoms with van der Waals surface area (Å²) in [6, 6.07) is 10.3. The first-order chi connectivity index (χ1) is 15.9. The number of ether oxygens (including phenoxy) is 3. The van der Waals surface area contributed by atoms with E-state index < -0.39 is 0 Å². The average molecular weight is 456 g/mol. The van der Waals surface area contributed by atoms with Crippen LogP contribution < -0.4 is 24.8 Å². The van der Waals surface area contributed by atoms with E-state index in [1.54, 1.807) is 42.5 Å². The van der Waals surface area contributed by atoms with Gasteiger partial charge in [-0.1, -0.05) is 13.8 Å². The molecule has 8 nitrogen and oxygen atoms in total. The van der Waals surface area contributed by atoms with E-state index in [2.05, 4.69) is 29.4 Å². The molecule has 2 rings (SSSR count). The molecular formula is C25H33N3O5. The number of hydrogen-bond acceptors (Lipinski definition) is 6. The van der Waals surface area contributed by atoms with Crippen molar-refractivity contribution < 1.29 is 23.8 Å². The zero-order chi connectivity index (χ0) is 24.2. The number of amides is 2. The number of nitrogens with one attached hydrogen (secondary N) is 2. The van der Waals surface area contributed by atoms with Gasteiger partial charge in [0.15, 0.2) is 11.5 Å². The predicted octanol–water partition coefficient (Wildman–Crippen LogP) is 3.44. The van der Waals surface area contributed by atoms with E-state index in [0.717, 1.165) is 25.2 Å². The molecule has 0 fully saturated rings. The maximum Gasteiger partial charge on any atom is 0.251 e. The van der Waals surface area contributed by atoms with Crippen LogP contribution in [-0.4, -0.2) is 64.2 Å². The van der Waals surface area contributed by atoms with Crippen LogP contribution in [0.5, 0.6) is 17.2 Å². The van der Waals surface area contributed by atoms with Crippen LogP contribution in [0.3, 0.4) is 0 Å². The SMILES string of the molecule is CCN(CC)CCNC(=O)c1ccc(NC(=O)/C=C/c2cc(OC)c(OC)c(OC)c2)cc1. The summed E-state index contributed by atoms with van der Waals surface area (Å²) in [6.07, 6.45) is 3.06. The van der Waals surface area contributed by atoms with Crippen molar-refractivity contribution in [1.29, 1.82) is 0 Å². The van der Waals surface area contributed by atoms with Gasteiger partial charge in [-0.25, -0.2) is 0 Å². The summed E-state index contributed by atoms with van der Waals surface area (Å²) in [5, 5.41) is 5.70. The number of benzene rings is 2. The molecule has 0 saturated heterocycles. The largest absolute Gasteiger partial charge is 0.493 e. The highest BCUT2D eigenvalue weighted by Gasteiger charge is 2.12. The lowest BCUT2D eigenvalue weighted by molar-refractivity contribution is -0.111. The number of hydrogen-bond donors (Lipinski definition) is 2. The molecule has 33 heavy (non-hydrogen) atoms. The minimum Gasteiger partial charge on any atom is -0.493 e. The standard InChI is InChI=1S/C25H33N3O5/c1-6-28(7-2)15-14-26-25(30)19-9-11-20(12-10-19)27-23(29)13-8-18-16-21(31-3)24(33-5)22(17-18)32-4/h8-13,16-17H,6-7,14-15H2,1-5H3,(H,26,30)(H,27,29)/b13-8+. The molecule has 178 valence electrons. The maximum atomic E-state index is 12.3. The molecule has 0 aliphatic heterocycles. The fourth-order valence-corrected chi connectivity index (χ4v) is 3.23. The van der Waals surface area contributed by atoms with Crippen molar-refractivity contribution in [2.45, 2.75) is 13.8 Å². The summed E-state index contributed by atoms with van der Waals surface area (Å²) in [5.41, 5.74) is 1.85. The molecule has 0 saturated carbocycles. The number of anilines is 1. The summed E-state index contributed by atoms with van der Waals surface area (Å²) >= 11 is 0. The number of nitrogens with zero attached hydrogens (tertiary/aromatic N) is 1. The van der Waals surface area contributed by atoms with E-state index in [1.807, 2.05) is 0 Å².